The number of rotatable bonds is 8. The Morgan fingerprint density at radius 1 is 1.19 bits per heavy atom. The molecule has 0 radical (unpaired) electrons. The number of nitrogens with zero attached hydrogens (tertiary/aromatic N) is 4. The van der Waals surface area contributed by atoms with Crippen molar-refractivity contribution in [1.82, 2.24) is 15.0 Å². The van der Waals surface area contributed by atoms with Crippen molar-refractivity contribution >= 4 is 46.9 Å². The molecule has 1 amide bonds. The number of amides is 1. The third-order valence-electron chi connectivity index (χ3n) is 4.62. The number of hydrogen-bond acceptors (Lipinski definition) is 8. The van der Waals surface area contributed by atoms with Crippen LogP contribution in [-0.4, -0.2) is 34.1 Å². The zero-order valence-corrected chi connectivity index (χ0v) is 19.8. The van der Waals surface area contributed by atoms with Crippen molar-refractivity contribution in [3.05, 3.63) is 77.7 Å². The molecule has 0 aliphatic heterocycles. The molecule has 3 aromatic rings. The van der Waals surface area contributed by atoms with Crippen LogP contribution in [0, 0.1) is 5.82 Å². The van der Waals surface area contributed by atoms with Gasteiger partial charge in [-0.1, -0.05) is 18.2 Å². The zero-order chi connectivity index (χ0) is 27.2. The van der Waals surface area contributed by atoms with E-state index in [0.29, 0.717) is 5.70 Å². The molecule has 2 heterocycles. The molecule has 9 nitrogen and oxygen atoms in total. The first kappa shape index (κ1) is 27.1. The van der Waals surface area contributed by atoms with Crippen LogP contribution in [0.15, 0.2) is 66.2 Å². The standard InChI is InChI=1S/C23H19ClF4N8O/c1-3-19(37)33-13-4-5-17(25)18(7-13)35-21-15(11-32-22(36-21)34-14(8-29)10-30-2)12-6-16(23(26,27)28)20(24)31-9-12/h3-11H,1,29H2,2H3,(H,33,37)(H2,32,34,35,36)/b14-8+,30-10?. The Bertz CT molecular complexity index is 1390. The summed E-state index contributed by atoms with van der Waals surface area (Å²) in [5.74, 6) is -1.39. The third kappa shape index (κ3) is 6.79. The summed E-state index contributed by atoms with van der Waals surface area (Å²) < 4.78 is 55.0. The third-order valence-corrected chi connectivity index (χ3v) is 4.92. The maximum Gasteiger partial charge on any atom is 0.419 e. The Morgan fingerprint density at radius 2 is 1.95 bits per heavy atom. The summed E-state index contributed by atoms with van der Waals surface area (Å²) in [7, 11) is 1.51. The summed E-state index contributed by atoms with van der Waals surface area (Å²) in [6.45, 7) is 3.35. The van der Waals surface area contributed by atoms with Gasteiger partial charge in [0, 0.05) is 48.7 Å². The maximum atomic E-state index is 14.7. The van der Waals surface area contributed by atoms with Crippen LogP contribution in [0.3, 0.4) is 0 Å². The molecule has 2 aromatic heterocycles. The number of carbonyl (C=O) groups excluding carboxylic acids is 1. The lowest BCUT2D eigenvalue weighted by Gasteiger charge is -2.16. The quantitative estimate of drug-likeness (QED) is 0.136. The van der Waals surface area contributed by atoms with Crippen molar-refractivity contribution in [2.45, 2.75) is 6.18 Å². The number of alkyl halides is 3. The van der Waals surface area contributed by atoms with Crippen molar-refractivity contribution in [3.8, 4) is 11.1 Å². The highest BCUT2D eigenvalue weighted by molar-refractivity contribution is 6.30. The van der Waals surface area contributed by atoms with E-state index >= 15 is 0 Å². The van der Waals surface area contributed by atoms with Gasteiger partial charge in [-0.05, 0) is 30.3 Å². The normalized spacial score (nSPS) is 11.9. The van der Waals surface area contributed by atoms with Crippen LogP contribution in [0.1, 0.15) is 5.56 Å². The highest BCUT2D eigenvalue weighted by atomic mass is 35.5. The number of nitrogens with one attached hydrogen (secondary N) is 3. The largest absolute Gasteiger partial charge is 0.419 e. The molecule has 0 unspecified atom stereocenters. The molecule has 0 aliphatic carbocycles. The van der Waals surface area contributed by atoms with Crippen molar-refractivity contribution in [2.75, 3.05) is 23.0 Å². The number of benzene rings is 1. The predicted molar refractivity (Wildman–Crippen MR) is 134 cm³/mol. The topological polar surface area (TPSA) is 130 Å². The Labute approximate surface area is 213 Å². The monoisotopic (exact) mass is 534 g/mol. The molecule has 3 rings (SSSR count). The van der Waals surface area contributed by atoms with E-state index in [9.17, 15) is 22.4 Å². The molecule has 0 saturated carbocycles. The lowest BCUT2D eigenvalue weighted by atomic mass is 10.1. The van der Waals surface area contributed by atoms with E-state index in [1.807, 2.05) is 0 Å². The van der Waals surface area contributed by atoms with Crippen molar-refractivity contribution in [3.63, 3.8) is 0 Å². The minimum absolute atomic E-state index is 0.0302. The SMILES string of the molecule is C=CC(=O)Nc1ccc(F)c(Nc2nc(N/C(C=NC)=C/N)ncc2-c2cnc(Cl)c(C(F)(F)F)c2)c1. The number of allylic oxidation sites excluding steroid dienone is 1. The van der Waals surface area contributed by atoms with Gasteiger partial charge in [0.2, 0.25) is 11.9 Å². The summed E-state index contributed by atoms with van der Waals surface area (Å²) in [4.78, 5) is 27.5. The summed E-state index contributed by atoms with van der Waals surface area (Å²) >= 11 is 5.65. The summed E-state index contributed by atoms with van der Waals surface area (Å²) in [5.41, 5.74) is 4.76. The molecule has 37 heavy (non-hydrogen) atoms. The average molecular weight is 535 g/mol. The number of nitrogens with two attached hydrogens (primary N) is 1. The Hall–Kier alpha value is -4.52. The van der Waals surface area contributed by atoms with E-state index in [1.54, 1.807) is 0 Å². The lowest BCUT2D eigenvalue weighted by Crippen LogP contribution is -2.10. The fourth-order valence-electron chi connectivity index (χ4n) is 2.95. The van der Waals surface area contributed by atoms with Gasteiger partial charge in [0.05, 0.1) is 16.9 Å². The highest BCUT2D eigenvalue weighted by Gasteiger charge is 2.34. The van der Waals surface area contributed by atoms with Crippen LogP contribution in [0.5, 0.6) is 0 Å². The van der Waals surface area contributed by atoms with E-state index in [-0.39, 0.29) is 34.3 Å². The smallest absolute Gasteiger partial charge is 0.403 e. The number of aromatic nitrogens is 3. The molecule has 14 heteroatoms. The molecule has 0 aliphatic rings. The fourth-order valence-corrected chi connectivity index (χ4v) is 3.16. The molecule has 5 N–H and O–H groups in total. The first-order valence-corrected chi connectivity index (χ1v) is 10.6. The van der Waals surface area contributed by atoms with Crippen LogP contribution in [0.4, 0.5) is 40.7 Å². The number of carbonyl (C=O) groups is 1. The second-order valence-corrected chi connectivity index (χ2v) is 7.52. The summed E-state index contributed by atoms with van der Waals surface area (Å²) in [6, 6.07) is 4.45. The van der Waals surface area contributed by atoms with Gasteiger partial charge in [0.25, 0.3) is 0 Å². The van der Waals surface area contributed by atoms with Gasteiger partial charge in [-0.15, -0.1) is 0 Å². The van der Waals surface area contributed by atoms with Crippen LogP contribution in [0.2, 0.25) is 5.15 Å². The molecule has 0 fully saturated rings. The second-order valence-electron chi connectivity index (χ2n) is 7.16. The second kappa shape index (κ2) is 11.5. The van der Waals surface area contributed by atoms with E-state index in [0.717, 1.165) is 24.4 Å². The number of hydrogen-bond donors (Lipinski definition) is 4. The average Bonchev–Trinajstić information content (AvgIpc) is 2.85. The minimum atomic E-state index is -4.78. The van der Waals surface area contributed by atoms with Gasteiger partial charge in [-0.3, -0.25) is 9.79 Å². The number of halogens is 5. The first-order chi connectivity index (χ1) is 17.5. The van der Waals surface area contributed by atoms with Crippen molar-refractivity contribution in [2.24, 2.45) is 10.7 Å². The van der Waals surface area contributed by atoms with Crippen LogP contribution < -0.4 is 21.7 Å². The van der Waals surface area contributed by atoms with Gasteiger partial charge in [-0.2, -0.15) is 18.2 Å². The maximum absolute atomic E-state index is 14.7. The molecular formula is C23H19ClF4N8O. The van der Waals surface area contributed by atoms with E-state index < -0.39 is 28.6 Å². The summed E-state index contributed by atoms with van der Waals surface area (Å²) in [6.07, 6.45) is 1.14. The van der Waals surface area contributed by atoms with Gasteiger partial charge in [0.1, 0.15) is 16.8 Å². The van der Waals surface area contributed by atoms with Gasteiger partial charge >= 0.3 is 6.18 Å². The van der Waals surface area contributed by atoms with Crippen molar-refractivity contribution < 1.29 is 22.4 Å². The molecule has 0 atom stereocenters. The van der Waals surface area contributed by atoms with Crippen LogP contribution >= 0.6 is 11.6 Å². The molecule has 0 saturated heterocycles. The van der Waals surface area contributed by atoms with Gasteiger partial charge in [-0.25, -0.2) is 14.4 Å². The molecule has 192 valence electrons. The van der Waals surface area contributed by atoms with Crippen molar-refractivity contribution in [1.29, 1.82) is 0 Å². The van der Waals surface area contributed by atoms with E-state index in [2.05, 4.69) is 42.5 Å². The van der Waals surface area contributed by atoms with E-state index in [4.69, 9.17) is 17.3 Å². The Balaban J connectivity index is 2.13. The molecule has 0 bridgehead atoms. The van der Waals surface area contributed by atoms with E-state index in [1.165, 1.54) is 37.8 Å². The lowest BCUT2D eigenvalue weighted by molar-refractivity contribution is -0.137. The number of anilines is 4. The van der Waals surface area contributed by atoms with Crippen LogP contribution in [0.25, 0.3) is 11.1 Å². The molecular weight excluding hydrogens is 516 g/mol. The van der Waals surface area contributed by atoms with Gasteiger partial charge < -0.3 is 21.7 Å². The molecule has 1 aromatic carbocycles. The minimum Gasteiger partial charge on any atom is -0.403 e. The van der Waals surface area contributed by atoms with Crippen LogP contribution in [-0.2, 0) is 11.0 Å². The highest BCUT2D eigenvalue weighted by Crippen LogP contribution is 2.38. The van der Waals surface area contributed by atoms with Gasteiger partial charge in [0.15, 0.2) is 0 Å². The summed E-state index contributed by atoms with van der Waals surface area (Å²) in [5, 5.41) is 7.27. The Morgan fingerprint density at radius 3 is 2.59 bits per heavy atom. The Kier molecular flexibility index (Phi) is 8.40. The number of pyridine rings is 1. The molecule has 0 spiro atoms. The first-order valence-electron chi connectivity index (χ1n) is 10.3. The zero-order valence-electron chi connectivity index (χ0n) is 19.1. The number of aliphatic imine (C=N–C) groups is 1. The predicted octanol–water partition coefficient (Wildman–Crippen LogP) is 5.13. The fraction of sp³-hybridized carbons (Fsp3) is 0.0870.